The summed E-state index contributed by atoms with van der Waals surface area (Å²) < 4.78 is 6.05. The van der Waals surface area contributed by atoms with E-state index < -0.39 is 0 Å². The van der Waals surface area contributed by atoms with Gasteiger partial charge in [0.2, 0.25) is 0 Å². The van der Waals surface area contributed by atoms with Crippen molar-refractivity contribution in [2.45, 2.75) is 31.6 Å². The highest BCUT2D eigenvalue weighted by Gasteiger charge is 2.41. The Labute approximate surface area is 91.3 Å². The van der Waals surface area contributed by atoms with E-state index in [-0.39, 0.29) is 0 Å². The number of aromatic nitrogens is 1. The first-order valence-corrected chi connectivity index (χ1v) is 6.01. The lowest BCUT2D eigenvalue weighted by molar-refractivity contribution is 0.412. The second-order valence-corrected chi connectivity index (χ2v) is 5.23. The van der Waals surface area contributed by atoms with E-state index in [4.69, 9.17) is 4.42 Å². The minimum Gasteiger partial charge on any atom is -0.440 e. The van der Waals surface area contributed by atoms with Gasteiger partial charge >= 0.3 is 0 Å². The molecule has 0 radical (unpaired) electrons. The van der Waals surface area contributed by atoms with Gasteiger partial charge in [-0.2, -0.15) is 0 Å². The first-order valence-electron chi connectivity index (χ1n) is 4.94. The van der Waals surface area contributed by atoms with Gasteiger partial charge in [0.15, 0.2) is 0 Å². The van der Waals surface area contributed by atoms with Crippen molar-refractivity contribution >= 4 is 22.6 Å². The summed E-state index contributed by atoms with van der Waals surface area (Å²) in [4.78, 5) is 4.43. The van der Waals surface area contributed by atoms with Gasteiger partial charge in [0, 0.05) is 28.5 Å². The molecule has 2 aliphatic carbocycles. The summed E-state index contributed by atoms with van der Waals surface area (Å²) in [6.07, 6.45) is 7.52. The van der Waals surface area contributed by atoms with Crippen LogP contribution in [0.3, 0.4) is 0 Å². The molecule has 0 saturated heterocycles. The lowest BCUT2D eigenvalue weighted by atomic mass is 9.87. The minimum atomic E-state index is 0.714. The van der Waals surface area contributed by atoms with Crippen LogP contribution in [0.2, 0.25) is 0 Å². The predicted molar refractivity (Wildman–Crippen MR) is 57.4 cm³/mol. The SMILES string of the molecule is Ic1nc(C2CC3CCC2C3)co1. The predicted octanol–water partition coefficient (Wildman–Crippen LogP) is 3.18. The standard InChI is InChI=1S/C10H12INO/c11-10-12-9(5-13-10)8-4-6-1-2-7(8)3-6/h5-8H,1-4H2. The molecule has 70 valence electrons. The molecule has 2 saturated carbocycles. The molecule has 2 aliphatic rings. The molecule has 3 rings (SSSR count). The topological polar surface area (TPSA) is 26.0 Å². The Morgan fingerprint density at radius 1 is 1.38 bits per heavy atom. The second kappa shape index (κ2) is 2.97. The van der Waals surface area contributed by atoms with E-state index in [0.29, 0.717) is 5.92 Å². The summed E-state index contributed by atoms with van der Waals surface area (Å²) in [5.74, 6) is 2.61. The molecule has 0 amide bonds. The molecule has 2 bridgehead atoms. The van der Waals surface area contributed by atoms with Crippen LogP contribution in [0.25, 0.3) is 0 Å². The van der Waals surface area contributed by atoms with Crippen molar-refractivity contribution in [2.24, 2.45) is 11.8 Å². The molecule has 13 heavy (non-hydrogen) atoms. The Morgan fingerprint density at radius 3 is 2.85 bits per heavy atom. The van der Waals surface area contributed by atoms with E-state index in [2.05, 4.69) is 27.6 Å². The first-order chi connectivity index (χ1) is 6.33. The number of hydrogen-bond acceptors (Lipinski definition) is 2. The maximum atomic E-state index is 5.26. The molecule has 0 spiro atoms. The van der Waals surface area contributed by atoms with Crippen LogP contribution < -0.4 is 0 Å². The third kappa shape index (κ3) is 1.32. The van der Waals surface area contributed by atoms with Crippen LogP contribution in [0.1, 0.15) is 37.3 Å². The van der Waals surface area contributed by atoms with Gasteiger partial charge in [0.25, 0.3) is 3.90 Å². The van der Waals surface area contributed by atoms with Gasteiger partial charge in [-0.05, 0) is 31.1 Å². The Bertz CT molecular complexity index is 322. The number of nitrogens with zero attached hydrogens (tertiary/aromatic N) is 1. The molecule has 3 unspecified atom stereocenters. The van der Waals surface area contributed by atoms with Gasteiger partial charge in [-0.1, -0.05) is 6.42 Å². The molecule has 1 heterocycles. The summed E-state index contributed by atoms with van der Waals surface area (Å²) >= 11 is 2.14. The van der Waals surface area contributed by atoms with E-state index in [1.807, 2.05) is 6.26 Å². The van der Waals surface area contributed by atoms with Gasteiger partial charge < -0.3 is 4.42 Å². The van der Waals surface area contributed by atoms with Crippen LogP contribution in [0.4, 0.5) is 0 Å². The van der Waals surface area contributed by atoms with Crippen LogP contribution in [0.5, 0.6) is 0 Å². The van der Waals surface area contributed by atoms with Gasteiger partial charge in [-0.3, -0.25) is 0 Å². The largest absolute Gasteiger partial charge is 0.440 e. The van der Waals surface area contributed by atoms with Crippen LogP contribution >= 0.6 is 22.6 Å². The lowest BCUT2D eigenvalue weighted by Crippen LogP contribution is -2.08. The van der Waals surface area contributed by atoms with Crippen molar-refractivity contribution in [1.82, 2.24) is 4.98 Å². The van der Waals surface area contributed by atoms with E-state index in [1.165, 1.54) is 31.4 Å². The van der Waals surface area contributed by atoms with Gasteiger partial charge in [0.1, 0.15) is 6.26 Å². The molecule has 0 aromatic carbocycles. The Hall–Kier alpha value is -0.0600. The van der Waals surface area contributed by atoms with Crippen LogP contribution in [0, 0.1) is 15.7 Å². The molecule has 1 aromatic heterocycles. The van der Waals surface area contributed by atoms with Crippen molar-refractivity contribution in [3.05, 3.63) is 15.9 Å². The molecular formula is C10H12INO. The average Bonchev–Trinajstić information content (AvgIpc) is 2.77. The third-order valence-electron chi connectivity index (χ3n) is 3.61. The summed E-state index contributed by atoms with van der Waals surface area (Å²) in [6, 6.07) is 0. The quantitative estimate of drug-likeness (QED) is 0.742. The molecule has 2 fully saturated rings. The fourth-order valence-electron chi connectivity index (χ4n) is 3.04. The van der Waals surface area contributed by atoms with E-state index >= 15 is 0 Å². The van der Waals surface area contributed by atoms with Crippen molar-refractivity contribution in [3.8, 4) is 0 Å². The Balaban J connectivity index is 1.87. The smallest absolute Gasteiger partial charge is 0.257 e. The van der Waals surface area contributed by atoms with Crippen LogP contribution in [-0.4, -0.2) is 4.98 Å². The van der Waals surface area contributed by atoms with Crippen LogP contribution in [-0.2, 0) is 0 Å². The molecule has 2 nitrogen and oxygen atoms in total. The van der Waals surface area contributed by atoms with E-state index in [1.54, 1.807) is 0 Å². The first kappa shape index (κ1) is 8.26. The molecular weight excluding hydrogens is 277 g/mol. The highest BCUT2D eigenvalue weighted by atomic mass is 127. The molecule has 0 N–H and O–H groups in total. The number of oxazole rings is 1. The van der Waals surface area contributed by atoms with Crippen molar-refractivity contribution in [1.29, 1.82) is 0 Å². The highest BCUT2D eigenvalue weighted by Crippen LogP contribution is 2.52. The van der Waals surface area contributed by atoms with E-state index in [0.717, 1.165) is 15.7 Å². The highest BCUT2D eigenvalue weighted by molar-refractivity contribution is 14.1. The third-order valence-corrected chi connectivity index (χ3v) is 4.11. The average molecular weight is 289 g/mol. The zero-order chi connectivity index (χ0) is 8.84. The Kier molecular flexibility index (Phi) is 1.89. The number of halogens is 1. The van der Waals surface area contributed by atoms with Gasteiger partial charge in [-0.25, -0.2) is 4.98 Å². The van der Waals surface area contributed by atoms with Crippen molar-refractivity contribution in [2.75, 3.05) is 0 Å². The van der Waals surface area contributed by atoms with Crippen molar-refractivity contribution < 1.29 is 4.42 Å². The zero-order valence-electron chi connectivity index (χ0n) is 7.37. The minimum absolute atomic E-state index is 0.714. The summed E-state index contributed by atoms with van der Waals surface area (Å²) in [5.41, 5.74) is 1.21. The fourth-order valence-corrected chi connectivity index (χ4v) is 3.45. The fraction of sp³-hybridized carbons (Fsp3) is 0.700. The van der Waals surface area contributed by atoms with Crippen LogP contribution in [0.15, 0.2) is 10.7 Å². The monoisotopic (exact) mass is 289 g/mol. The zero-order valence-corrected chi connectivity index (χ0v) is 9.53. The van der Waals surface area contributed by atoms with Gasteiger partial charge in [0.05, 0.1) is 5.69 Å². The Morgan fingerprint density at radius 2 is 2.31 bits per heavy atom. The molecule has 1 aromatic rings. The maximum absolute atomic E-state index is 5.26. The number of fused-ring (bicyclic) bond motifs is 2. The normalized spacial score (nSPS) is 37.2. The van der Waals surface area contributed by atoms with Crippen molar-refractivity contribution in [3.63, 3.8) is 0 Å². The van der Waals surface area contributed by atoms with Gasteiger partial charge in [-0.15, -0.1) is 0 Å². The summed E-state index contributed by atoms with van der Waals surface area (Å²) in [7, 11) is 0. The lowest BCUT2D eigenvalue weighted by Gasteiger charge is -2.18. The second-order valence-electron chi connectivity index (χ2n) is 4.31. The number of rotatable bonds is 1. The molecule has 3 atom stereocenters. The molecule has 3 heteroatoms. The number of hydrogen-bond donors (Lipinski definition) is 0. The summed E-state index contributed by atoms with van der Waals surface area (Å²) in [5, 5.41) is 0. The van der Waals surface area contributed by atoms with E-state index in [9.17, 15) is 0 Å². The molecule has 0 aliphatic heterocycles. The summed E-state index contributed by atoms with van der Waals surface area (Å²) in [6.45, 7) is 0. The maximum Gasteiger partial charge on any atom is 0.257 e.